The van der Waals surface area contributed by atoms with Gasteiger partial charge in [-0.1, -0.05) is 25.8 Å². The van der Waals surface area contributed by atoms with Crippen molar-refractivity contribution in [3.8, 4) is 0 Å². The van der Waals surface area contributed by atoms with E-state index in [1.165, 1.54) is 0 Å². The van der Waals surface area contributed by atoms with Gasteiger partial charge in [-0.3, -0.25) is 0 Å². The predicted molar refractivity (Wildman–Crippen MR) is 43.5 cm³/mol. The van der Waals surface area contributed by atoms with E-state index >= 15 is 0 Å². The first-order valence-corrected chi connectivity index (χ1v) is 5.77. The van der Waals surface area contributed by atoms with E-state index in [-0.39, 0.29) is 9.52 Å². The molecule has 0 heterocycles. The van der Waals surface area contributed by atoms with Crippen molar-refractivity contribution in [3.63, 3.8) is 0 Å². The molecule has 2 radical (unpaired) electrons. The highest BCUT2D eigenvalue weighted by atomic mass is 28.2. The number of hydrogen-bond donors (Lipinski definition) is 0. The second-order valence-electron chi connectivity index (χ2n) is 3.39. The summed E-state index contributed by atoms with van der Waals surface area (Å²) in [5.41, 5.74) is 0. The molecule has 1 aliphatic carbocycles. The highest BCUT2D eigenvalue weighted by molar-refractivity contribution is 6.38. The molecule has 1 rings (SSSR count). The average molecular weight is 194 g/mol. The van der Waals surface area contributed by atoms with Crippen LogP contribution in [0.25, 0.3) is 0 Å². The summed E-state index contributed by atoms with van der Waals surface area (Å²) in [6, 6.07) is 0. The van der Waals surface area contributed by atoms with Crippen molar-refractivity contribution in [2.24, 2.45) is 0 Å². The first-order valence-electron chi connectivity index (χ1n) is 4.27. The Hall–Kier alpha value is 0.00688. The van der Waals surface area contributed by atoms with Crippen LogP contribution in [0, 0.1) is 0 Å². The molecule has 0 amide bonds. The lowest BCUT2D eigenvalue weighted by Gasteiger charge is -2.37. The minimum Gasteiger partial charge on any atom is -0.171 e. The van der Waals surface area contributed by atoms with Gasteiger partial charge in [0.05, 0.1) is 14.6 Å². The molecular weight excluding hydrogens is 181 g/mol. The summed E-state index contributed by atoms with van der Waals surface area (Å²) in [4.78, 5) is 0. The van der Waals surface area contributed by atoms with Gasteiger partial charge < -0.3 is 0 Å². The van der Waals surface area contributed by atoms with Crippen molar-refractivity contribution < 1.29 is 13.2 Å². The van der Waals surface area contributed by atoms with Crippen molar-refractivity contribution in [1.29, 1.82) is 0 Å². The summed E-state index contributed by atoms with van der Waals surface area (Å²) >= 11 is 0. The molecule has 4 heteroatoms. The Labute approximate surface area is 73.4 Å². The van der Waals surface area contributed by atoms with Gasteiger partial charge in [0.15, 0.2) is 0 Å². The monoisotopic (exact) mass is 194 g/mol. The van der Waals surface area contributed by atoms with Gasteiger partial charge >= 0.3 is 6.18 Å². The molecule has 1 aliphatic rings. The Morgan fingerprint density at radius 2 is 1.58 bits per heavy atom. The molecule has 0 spiro atoms. The molecule has 0 aromatic carbocycles. The maximum Gasteiger partial charge on any atom is 0.391 e. The van der Waals surface area contributed by atoms with Crippen molar-refractivity contribution in [3.05, 3.63) is 0 Å². The van der Waals surface area contributed by atoms with Gasteiger partial charge in [0.25, 0.3) is 0 Å². The van der Waals surface area contributed by atoms with Gasteiger partial charge in [-0.15, -0.1) is 0 Å². The van der Waals surface area contributed by atoms with Crippen LogP contribution in [0.2, 0.25) is 11.6 Å². The second-order valence-corrected chi connectivity index (χ2v) is 4.85. The first kappa shape index (κ1) is 10.1. The third-order valence-electron chi connectivity index (χ3n) is 2.73. The zero-order valence-electron chi connectivity index (χ0n) is 7.17. The van der Waals surface area contributed by atoms with Crippen LogP contribution in [0.5, 0.6) is 0 Å². The number of alkyl halides is 3. The fourth-order valence-electron chi connectivity index (χ4n) is 1.83. The molecular formula is C8H13F3Si. The predicted octanol–water partition coefficient (Wildman–Crippen LogP) is 3.42. The third kappa shape index (κ3) is 1.68. The lowest BCUT2D eigenvalue weighted by atomic mass is 9.87. The lowest BCUT2D eigenvalue weighted by molar-refractivity contribution is -0.173. The minimum absolute atomic E-state index is 0.00366. The molecule has 0 atom stereocenters. The van der Waals surface area contributed by atoms with Crippen molar-refractivity contribution in [2.75, 3.05) is 0 Å². The van der Waals surface area contributed by atoms with Gasteiger partial charge in [-0.2, -0.15) is 13.2 Å². The van der Waals surface area contributed by atoms with Crippen LogP contribution < -0.4 is 0 Å². The molecule has 0 aromatic heterocycles. The Balaban J connectivity index is 2.73. The summed E-state index contributed by atoms with van der Waals surface area (Å²) in [7, 11) is 0.00366. The number of halogens is 3. The maximum absolute atomic E-state index is 12.6. The van der Waals surface area contributed by atoms with Gasteiger partial charge in [-0.25, -0.2) is 0 Å². The van der Waals surface area contributed by atoms with Gasteiger partial charge in [-0.05, 0) is 12.8 Å². The highest BCUT2D eigenvalue weighted by Crippen LogP contribution is 2.54. The van der Waals surface area contributed by atoms with E-state index in [0.29, 0.717) is 12.8 Å². The van der Waals surface area contributed by atoms with E-state index in [1.807, 2.05) is 0 Å². The highest BCUT2D eigenvalue weighted by Gasteiger charge is 2.53. The van der Waals surface area contributed by atoms with Crippen molar-refractivity contribution >= 4 is 9.52 Å². The smallest absolute Gasteiger partial charge is 0.171 e. The van der Waals surface area contributed by atoms with Gasteiger partial charge in [0.2, 0.25) is 0 Å². The molecule has 0 aliphatic heterocycles. The normalized spacial score (nSPS) is 24.0. The maximum atomic E-state index is 12.6. The van der Waals surface area contributed by atoms with E-state index in [1.54, 1.807) is 6.55 Å². The van der Waals surface area contributed by atoms with E-state index in [0.717, 1.165) is 19.3 Å². The van der Waals surface area contributed by atoms with Gasteiger partial charge in [0, 0.05) is 0 Å². The molecule has 1 fully saturated rings. The van der Waals surface area contributed by atoms with E-state index in [2.05, 4.69) is 0 Å². The number of rotatable bonds is 1. The molecule has 0 bridgehead atoms. The van der Waals surface area contributed by atoms with Crippen LogP contribution in [-0.2, 0) is 0 Å². The molecule has 1 saturated carbocycles. The summed E-state index contributed by atoms with van der Waals surface area (Å²) < 4.78 is 37.8. The summed E-state index contributed by atoms with van der Waals surface area (Å²) in [5.74, 6) is 0. The standard InChI is InChI=1S/C8H13F3Si/c1-12-7(8(9,10)11)5-3-2-4-6-7/h2-6H2,1H3. The first-order chi connectivity index (χ1) is 5.52. The van der Waals surface area contributed by atoms with Crippen molar-refractivity contribution in [1.82, 2.24) is 0 Å². The van der Waals surface area contributed by atoms with Crippen LogP contribution in [0.3, 0.4) is 0 Å². The van der Waals surface area contributed by atoms with Gasteiger partial charge in [0.1, 0.15) is 0 Å². The Morgan fingerprint density at radius 1 is 1.08 bits per heavy atom. The summed E-state index contributed by atoms with van der Waals surface area (Å²) in [5, 5.41) is -1.31. The molecule has 0 saturated heterocycles. The van der Waals surface area contributed by atoms with Crippen LogP contribution in [-0.4, -0.2) is 15.7 Å². The Morgan fingerprint density at radius 3 is 1.83 bits per heavy atom. The Kier molecular flexibility index (Phi) is 2.86. The Bertz CT molecular complexity index is 147. The number of hydrogen-bond acceptors (Lipinski definition) is 0. The molecule has 0 nitrogen and oxygen atoms in total. The molecule has 12 heavy (non-hydrogen) atoms. The summed E-state index contributed by atoms with van der Waals surface area (Å²) in [6.45, 7) is 1.68. The largest absolute Gasteiger partial charge is 0.391 e. The van der Waals surface area contributed by atoms with Crippen molar-refractivity contribution in [2.45, 2.75) is 49.9 Å². The van der Waals surface area contributed by atoms with E-state index in [9.17, 15) is 13.2 Å². The zero-order valence-corrected chi connectivity index (χ0v) is 8.17. The van der Waals surface area contributed by atoms with Crippen LogP contribution in [0.4, 0.5) is 13.2 Å². The van der Waals surface area contributed by atoms with E-state index in [4.69, 9.17) is 0 Å². The van der Waals surface area contributed by atoms with Crippen LogP contribution in [0.1, 0.15) is 32.1 Å². The molecule has 0 aromatic rings. The quantitative estimate of drug-likeness (QED) is 0.561. The topological polar surface area (TPSA) is 0 Å². The summed E-state index contributed by atoms with van der Waals surface area (Å²) in [6.07, 6.45) is -0.791. The zero-order chi connectivity index (χ0) is 9.24. The minimum atomic E-state index is -3.97. The molecule has 0 unspecified atom stereocenters. The van der Waals surface area contributed by atoms with E-state index < -0.39 is 11.2 Å². The average Bonchev–Trinajstić information content (AvgIpc) is 2.04. The second kappa shape index (κ2) is 3.40. The molecule has 0 N–H and O–H groups in total. The van der Waals surface area contributed by atoms with Crippen LogP contribution >= 0.6 is 0 Å². The lowest BCUT2D eigenvalue weighted by Crippen LogP contribution is -2.37. The fraction of sp³-hybridized carbons (Fsp3) is 1.00. The fourth-order valence-corrected chi connectivity index (χ4v) is 2.97. The third-order valence-corrected chi connectivity index (χ3v) is 4.47. The SMILES string of the molecule is C[Si]C1(C(F)(F)F)CCCCC1. The van der Waals surface area contributed by atoms with Crippen LogP contribution in [0.15, 0.2) is 0 Å². The molecule has 70 valence electrons.